The van der Waals surface area contributed by atoms with Gasteiger partial charge in [-0.05, 0) is 18.1 Å². The maximum atomic E-state index is 11.5. The molecule has 0 fully saturated rings. The third-order valence-electron chi connectivity index (χ3n) is 2.72. The van der Waals surface area contributed by atoms with Crippen LogP contribution < -0.4 is 9.46 Å². The summed E-state index contributed by atoms with van der Waals surface area (Å²) < 4.78 is 31.2. The Kier molecular flexibility index (Phi) is 3.69. The van der Waals surface area contributed by atoms with Crippen LogP contribution in [-0.4, -0.2) is 26.8 Å². The lowest BCUT2D eigenvalue weighted by Gasteiger charge is -2.11. The van der Waals surface area contributed by atoms with Crippen LogP contribution in [0.15, 0.2) is 24.3 Å². The van der Waals surface area contributed by atoms with Crippen molar-refractivity contribution in [2.75, 3.05) is 12.3 Å². The summed E-state index contributed by atoms with van der Waals surface area (Å²) in [5.74, 6) is 1.04. The van der Waals surface area contributed by atoms with Crippen molar-refractivity contribution in [1.29, 1.82) is 0 Å². The summed E-state index contributed by atoms with van der Waals surface area (Å²) in [6.45, 7) is 2.19. The largest absolute Gasteiger partial charge is 0.488 e. The van der Waals surface area contributed by atoms with Crippen molar-refractivity contribution in [3.63, 3.8) is 0 Å². The minimum Gasteiger partial charge on any atom is -0.488 e. The number of ether oxygens (including phenoxy) is 1. The second-order valence-electron chi connectivity index (χ2n) is 4.22. The van der Waals surface area contributed by atoms with Crippen molar-refractivity contribution in [3.8, 4) is 5.75 Å². The lowest BCUT2D eigenvalue weighted by Crippen LogP contribution is -2.35. The van der Waals surface area contributed by atoms with Crippen LogP contribution in [0.4, 0.5) is 0 Å². The molecule has 0 amide bonds. The molecule has 1 aliphatic rings. The molecule has 1 aromatic carbocycles. The van der Waals surface area contributed by atoms with Gasteiger partial charge in [0.15, 0.2) is 0 Å². The van der Waals surface area contributed by atoms with E-state index >= 15 is 0 Å². The van der Waals surface area contributed by atoms with E-state index in [1.165, 1.54) is 0 Å². The van der Waals surface area contributed by atoms with Crippen molar-refractivity contribution in [2.24, 2.45) is 0 Å². The third kappa shape index (κ3) is 3.20. The van der Waals surface area contributed by atoms with Gasteiger partial charge in [-0.15, -0.1) is 0 Å². The average molecular weight is 255 g/mol. The van der Waals surface area contributed by atoms with Gasteiger partial charge in [-0.2, -0.15) is 0 Å². The Morgan fingerprint density at radius 3 is 2.88 bits per heavy atom. The zero-order chi connectivity index (χ0) is 12.3. The predicted octanol–water partition coefficient (Wildman–Crippen LogP) is 1.32. The van der Waals surface area contributed by atoms with E-state index in [0.29, 0.717) is 13.0 Å². The Balaban J connectivity index is 1.88. The molecule has 0 saturated heterocycles. The average Bonchev–Trinajstić information content (AvgIpc) is 2.69. The SMILES string of the molecule is CCCS(=O)(=O)NCC1Cc2ccccc2O1. The van der Waals surface area contributed by atoms with E-state index in [1.807, 2.05) is 31.2 Å². The summed E-state index contributed by atoms with van der Waals surface area (Å²) in [7, 11) is -3.14. The fraction of sp³-hybridized carbons (Fsp3) is 0.500. The van der Waals surface area contributed by atoms with Crippen LogP contribution in [0.25, 0.3) is 0 Å². The Labute approximate surface area is 102 Å². The van der Waals surface area contributed by atoms with Crippen molar-refractivity contribution >= 4 is 10.0 Å². The number of para-hydroxylation sites is 1. The number of benzene rings is 1. The highest BCUT2D eigenvalue weighted by atomic mass is 32.2. The summed E-state index contributed by atoms with van der Waals surface area (Å²) in [5, 5.41) is 0. The van der Waals surface area contributed by atoms with Crippen molar-refractivity contribution in [2.45, 2.75) is 25.9 Å². The minimum absolute atomic E-state index is 0.0842. The molecule has 17 heavy (non-hydrogen) atoms. The van der Waals surface area contributed by atoms with Crippen LogP contribution in [0, 0.1) is 0 Å². The third-order valence-corrected chi connectivity index (χ3v) is 4.27. The lowest BCUT2D eigenvalue weighted by atomic mass is 10.1. The van der Waals surface area contributed by atoms with E-state index < -0.39 is 10.0 Å². The highest BCUT2D eigenvalue weighted by Crippen LogP contribution is 2.27. The molecule has 0 saturated carbocycles. The number of rotatable bonds is 5. The molecule has 0 aliphatic carbocycles. The molecule has 1 unspecified atom stereocenters. The van der Waals surface area contributed by atoms with Gasteiger partial charge in [0.25, 0.3) is 0 Å². The monoisotopic (exact) mass is 255 g/mol. The lowest BCUT2D eigenvalue weighted by molar-refractivity contribution is 0.236. The first-order valence-electron chi connectivity index (χ1n) is 5.82. The zero-order valence-corrected chi connectivity index (χ0v) is 10.7. The van der Waals surface area contributed by atoms with Crippen LogP contribution >= 0.6 is 0 Å². The van der Waals surface area contributed by atoms with Gasteiger partial charge >= 0.3 is 0 Å². The Hall–Kier alpha value is -1.07. The van der Waals surface area contributed by atoms with Crippen LogP contribution in [0.5, 0.6) is 5.75 Å². The Bertz CT molecular complexity index is 459. The van der Waals surface area contributed by atoms with Crippen molar-refractivity contribution < 1.29 is 13.2 Å². The van der Waals surface area contributed by atoms with Gasteiger partial charge in [0.2, 0.25) is 10.0 Å². The number of nitrogens with one attached hydrogen (secondary N) is 1. The van der Waals surface area contributed by atoms with E-state index in [9.17, 15) is 8.42 Å². The van der Waals surface area contributed by atoms with Crippen molar-refractivity contribution in [3.05, 3.63) is 29.8 Å². The molecular weight excluding hydrogens is 238 g/mol. The number of sulfonamides is 1. The molecule has 1 aromatic rings. The molecule has 0 aromatic heterocycles. The van der Waals surface area contributed by atoms with E-state index in [2.05, 4.69) is 4.72 Å². The molecular formula is C12H17NO3S. The normalized spacial score (nSPS) is 18.8. The number of hydrogen-bond donors (Lipinski definition) is 1. The van der Waals surface area contributed by atoms with E-state index in [0.717, 1.165) is 17.7 Å². The number of hydrogen-bond acceptors (Lipinski definition) is 3. The maximum absolute atomic E-state index is 11.5. The molecule has 1 atom stereocenters. The number of fused-ring (bicyclic) bond motifs is 1. The summed E-state index contributed by atoms with van der Waals surface area (Å²) in [5.41, 5.74) is 1.15. The van der Waals surface area contributed by atoms with E-state index in [1.54, 1.807) is 0 Å². The summed E-state index contributed by atoms with van der Waals surface area (Å²) >= 11 is 0. The molecule has 1 aliphatic heterocycles. The van der Waals surface area contributed by atoms with Gasteiger partial charge < -0.3 is 4.74 Å². The first kappa shape index (κ1) is 12.4. The van der Waals surface area contributed by atoms with Gasteiger partial charge in [-0.1, -0.05) is 25.1 Å². The maximum Gasteiger partial charge on any atom is 0.211 e. The van der Waals surface area contributed by atoms with E-state index in [-0.39, 0.29) is 11.9 Å². The molecule has 4 nitrogen and oxygen atoms in total. The van der Waals surface area contributed by atoms with Gasteiger partial charge in [0.1, 0.15) is 11.9 Å². The van der Waals surface area contributed by atoms with Crippen LogP contribution in [0.3, 0.4) is 0 Å². The highest BCUT2D eigenvalue weighted by molar-refractivity contribution is 7.89. The standard InChI is InChI=1S/C12H17NO3S/c1-2-7-17(14,15)13-9-11-8-10-5-3-4-6-12(10)16-11/h3-6,11,13H,2,7-9H2,1H3. The molecule has 94 valence electrons. The summed E-state index contributed by atoms with van der Waals surface area (Å²) in [6.07, 6.45) is 1.31. The van der Waals surface area contributed by atoms with Gasteiger partial charge in [-0.25, -0.2) is 13.1 Å². The molecule has 5 heteroatoms. The molecule has 0 radical (unpaired) electrons. The highest BCUT2D eigenvalue weighted by Gasteiger charge is 2.23. The quantitative estimate of drug-likeness (QED) is 0.863. The smallest absolute Gasteiger partial charge is 0.211 e. The van der Waals surface area contributed by atoms with Crippen LogP contribution in [-0.2, 0) is 16.4 Å². The zero-order valence-electron chi connectivity index (χ0n) is 9.85. The van der Waals surface area contributed by atoms with Crippen LogP contribution in [0.1, 0.15) is 18.9 Å². The fourth-order valence-electron chi connectivity index (χ4n) is 1.93. The first-order valence-corrected chi connectivity index (χ1v) is 7.48. The summed E-state index contributed by atoms with van der Waals surface area (Å²) in [4.78, 5) is 0. The summed E-state index contributed by atoms with van der Waals surface area (Å²) in [6, 6.07) is 7.81. The Morgan fingerprint density at radius 1 is 1.41 bits per heavy atom. The van der Waals surface area contributed by atoms with Crippen molar-refractivity contribution in [1.82, 2.24) is 4.72 Å². The molecule has 0 bridgehead atoms. The fourth-order valence-corrected chi connectivity index (χ4v) is 3.05. The minimum atomic E-state index is -3.14. The second-order valence-corrected chi connectivity index (χ2v) is 6.15. The van der Waals surface area contributed by atoms with E-state index in [4.69, 9.17) is 4.74 Å². The Morgan fingerprint density at radius 2 is 2.18 bits per heavy atom. The molecule has 2 rings (SSSR count). The van der Waals surface area contributed by atoms with Gasteiger partial charge in [0.05, 0.1) is 5.75 Å². The molecule has 1 N–H and O–H groups in total. The van der Waals surface area contributed by atoms with Gasteiger partial charge in [0, 0.05) is 13.0 Å². The molecule has 0 spiro atoms. The first-order chi connectivity index (χ1) is 8.11. The second kappa shape index (κ2) is 5.06. The predicted molar refractivity (Wildman–Crippen MR) is 66.6 cm³/mol. The van der Waals surface area contributed by atoms with Crippen LogP contribution in [0.2, 0.25) is 0 Å². The van der Waals surface area contributed by atoms with Gasteiger partial charge in [-0.3, -0.25) is 0 Å². The topological polar surface area (TPSA) is 55.4 Å². The molecule has 1 heterocycles.